The Labute approximate surface area is 150 Å². The Morgan fingerprint density at radius 3 is 2.64 bits per heavy atom. The second kappa shape index (κ2) is 8.43. The minimum Gasteiger partial charge on any atom is -0.355 e. The van der Waals surface area contributed by atoms with Gasteiger partial charge in [0.1, 0.15) is 17.5 Å². The van der Waals surface area contributed by atoms with E-state index in [1.807, 2.05) is 6.20 Å². The number of rotatable bonds is 6. The van der Waals surface area contributed by atoms with Crippen LogP contribution in [0.15, 0.2) is 18.5 Å². The second-order valence-electron chi connectivity index (χ2n) is 6.59. The number of anilines is 1. The first-order valence-electron chi connectivity index (χ1n) is 9.57. The number of imidazole rings is 1. The van der Waals surface area contributed by atoms with Crippen LogP contribution in [0, 0.1) is 0 Å². The number of aryl methyl sites for hydroxylation is 3. The van der Waals surface area contributed by atoms with Crippen molar-refractivity contribution in [3.63, 3.8) is 0 Å². The Morgan fingerprint density at radius 1 is 1.00 bits per heavy atom. The maximum Gasteiger partial charge on any atom is 0.132 e. The third-order valence-electron chi connectivity index (χ3n) is 4.91. The number of nitrogens with zero attached hydrogens (tertiary/aromatic N) is 6. The largest absolute Gasteiger partial charge is 0.355 e. The summed E-state index contributed by atoms with van der Waals surface area (Å²) in [6.07, 6.45) is 6.98. The van der Waals surface area contributed by atoms with E-state index in [1.54, 1.807) is 0 Å². The van der Waals surface area contributed by atoms with Crippen molar-refractivity contribution >= 4 is 5.82 Å². The molecule has 0 bridgehead atoms. The molecule has 3 heterocycles. The van der Waals surface area contributed by atoms with Crippen LogP contribution in [-0.2, 0) is 25.9 Å². The van der Waals surface area contributed by atoms with Gasteiger partial charge < -0.3 is 9.47 Å². The smallest absolute Gasteiger partial charge is 0.132 e. The minimum absolute atomic E-state index is 0.889. The van der Waals surface area contributed by atoms with Crippen LogP contribution < -0.4 is 4.90 Å². The van der Waals surface area contributed by atoms with Crippen molar-refractivity contribution in [3.05, 3.63) is 35.8 Å². The normalized spacial score (nSPS) is 16.2. The summed E-state index contributed by atoms with van der Waals surface area (Å²) in [6, 6.07) is 2.17. The van der Waals surface area contributed by atoms with E-state index in [2.05, 4.69) is 57.4 Å². The van der Waals surface area contributed by atoms with Gasteiger partial charge in [-0.25, -0.2) is 15.0 Å². The van der Waals surface area contributed by atoms with Crippen LogP contribution in [0.3, 0.4) is 0 Å². The number of aromatic nitrogens is 4. The van der Waals surface area contributed by atoms with Gasteiger partial charge in [-0.1, -0.05) is 13.8 Å². The molecule has 0 radical (unpaired) electrons. The zero-order chi connectivity index (χ0) is 17.6. The fraction of sp³-hybridized carbons (Fsp3) is 0.632. The van der Waals surface area contributed by atoms with Crippen LogP contribution >= 0.6 is 0 Å². The first kappa shape index (κ1) is 17.9. The molecule has 136 valence electrons. The molecule has 0 atom stereocenters. The van der Waals surface area contributed by atoms with E-state index in [-0.39, 0.29) is 0 Å². The molecule has 0 N–H and O–H groups in total. The summed E-state index contributed by atoms with van der Waals surface area (Å²) in [5, 5.41) is 0. The highest BCUT2D eigenvalue weighted by molar-refractivity contribution is 5.40. The summed E-state index contributed by atoms with van der Waals surface area (Å²) in [5.74, 6) is 3.22. The molecular weight excluding hydrogens is 312 g/mol. The van der Waals surface area contributed by atoms with E-state index in [0.29, 0.717) is 0 Å². The Morgan fingerprint density at radius 2 is 1.88 bits per heavy atom. The van der Waals surface area contributed by atoms with Crippen LogP contribution in [0.1, 0.15) is 44.5 Å². The predicted molar refractivity (Wildman–Crippen MR) is 101 cm³/mol. The first-order valence-corrected chi connectivity index (χ1v) is 9.57. The van der Waals surface area contributed by atoms with Crippen LogP contribution in [0.25, 0.3) is 0 Å². The van der Waals surface area contributed by atoms with Crippen LogP contribution in [0.2, 0.25) is 0 Å². The fourth-order valence-corrected chi connectivity index (χ4v) is 3.38. The predicted octanol–water partition coefficient (Wildman–Crippen LogP) is 2.53. The quantitative estimate of drug-likeness (QED) is 0.807. The van der Waals surface area contributed by atoms with Crippen molar-refractivity contribution < 1.29 is 0 Å². The molecule has 1 aliphatic heterocycles. The lowest BCUT2D eigenvalue weighted by atomic mass is 10.3. The van der Waals surface area contributed by atoms with Crippen molar-refractivity contribution in [3.8, 4) is 0 Å². The SMILES string of the molecule is CCc1cc(N2CCCN(Cc3nccn3CC)CC2)nc(CC)n1. The summed E-state index contributed by atoms with van der Waals surface area (Å²) in [4.78, 5) is 18.8. The molecule has 25 heavy (non-hydrogen) atoms. The number of hydrogen-bond acceptors (Lipinski definition) is 5. The zero-order valence-corrected chi connectivity index (χ0v) is 15.8. The lowest BCUT2D eigenvalue weighted by molar-refractivity contribution is 0.274. The van der Waals surface area contributed by atoms with Gasteiger partial charge in [0.2, 0.25) is 0 Å². The molecule has 0 unspecified atom stereocenters. The van der Waals surface area contributed by atoms with Gasteiger partial charge in [-0.15, -0.1) is 0 Å². The molecule has 0 amide bonds. The van der Waals surface area contributed by atoms with Gasteiger partial charge in [0.25, 0.3) is 0 Å². The van der Waals surface area contributed by atoms with Crippen LogP contribution in [-0.4, -0.2) is 50.6 Å². The van der Waals surface area contributed by atoms with Crippen molar-refractivity contribution in [2.24, 2.45) is 0 Å². The summed E-state index contributed by atoms with van der Waals surface area (Å²) in [7, 11) is 0. The van der Waals surface area contributed by atoms with Gasteiger partial charge >= 0.3 is 0 Å². The molecule has 0 aliphatic carbocycles. The van der Waals surface area contributed by atoms with E-state index in [1.165, 1.54) is 5.82 Å². The molecule has 0 aromatic carbocycles. The lowest BCUT2D eigenvalue weighted by Gasteiger charge is -2.23. The van der Waals surface area contributed by atoms with E-state index in [0.717, 1.165) is 75.9 Å². The van der Waals surface area contributed by atoms with Crippen molar-refractivity contribution in [1.29, 1.82) is 0 Å². The Kier molecular flexibility index (Phi) is 6.02. The molecule has 0 spiro atoms. The molecular formula is C19H30N6. The molecule has 0 saturated carbocycles. The highest BCUT2D eigenvalue weighted by Crippen LogP contribution is 2.17. The third kappa shape index (κ3) is 4.37. The van der Waals surface area contributed by atoms with Crippen molar-refractivity contribution in [2.45, 2.75) is 53.1 Å². The van der Waals surface area contributed by atoms with E-state index >= 15 is 0 Å². The standard InChI is InChI=1S/C19H30N6/c1-4-16-14-18(22-17(5-2)21-16)25-10-7-9-23(12-13-25)15-19-20-8-11-24(19)6-3/h8,11,14H,4-7,9-10,12-13,15H2,1-3H3. The average molecular weight is 342 g/mol. The van der Waals surface area contributed by atoms with Crippen molar-refractivity contribution in [2.75, 3.05) is 31.1 Å². The Bertz CT molecular complexity index is 658. The maximum absolute atomic E-state index is 4.77. The maximum atomic E-state index is 4.77. The molecule has 2 aromatic rings. The molecule has 1 aliphatic rings. The molecule has 6 heteroatoms. The van der Waals surface area contributed by atoms with E-state index in [9.17, 15) is 0 Å². The molecule has 6 nitrogen and oxygen atoms in total. The van der Waals surface area contributed by atoms with E-state index < -0.39 is 0 Å². The molecule has 1 fully saturated rings. The fourth-order valence-electron chi connectivity index (χ4n) is 3.38. The van der Waals surface area contributed by atoms with Gasteiger partial charge in [0, 0.05) is 63.3 Å². The summed E-state index contributed by atoms with van der Waals surface area (Å²) in [5.41, 5.74) is 1.15. The van der Waals surface area contributed by atoms with Gasteiger partial charge in [-0.2, -0.15) is 0 Å². The lowest BCUT2D eigenvalue weighted by Crippen LogP contribution is -2.32. The highest BCUT2D eigenvalue weighted by atomic mass is 15.3. The minimum atomic E-state index is 0.889. The number of hydrogen-bond donors (Lipinski definition) is 0. The Balaban J connectivity index is 1.67. The average Bonchev–Trinajstić information content (AvgIpc) is 2.97. The van der Waals surface area contributed by atoms with Gasteiger partial charge in [-0.05, 0) is 19.8 Å². The monoisotopic (exact) mass is 342 g/mol. The molecule has 2 aromatic heterocycles. The molecule has 3 rings (SSSR count). The summed E-state index contributed by atoms with van der Waals surface area (Å²) >= 11 is 0. The molecule has 1 saturated heterocycles. The Hall–Kier alpha value is -1.95. The zero-order valence-electron chi connectivity index (χ0n) is 15.8. The highest BCUT2D eigenvalue weighted by Gasteiger charge is 2.18. The van der Waals surface area contributed by atoms with Crippen LogP contribution in [0.5, 0.6) is 0 Å². The van der Waals surface area contributed by atoms with Gasteiger partial charge in [0.05, 0.1) is 6.54 Å². The van der Waals surface area contributed by atoms with Crippen molar-refractivity contribution in [1.82, 2.24) is 24.4 Å². The van der Waals surface area contributed by atoms with Gasteiger partial charge in [0.15, 0.2) is 0 Å². The van der Waals surface area contributed by atoms with E-state index in [4.69, 9.17) is 4.98 Å². The topological polar surface area (TPSA) is 50.1 Å². The second-order valence-corrected chi connectivity index (χ2v) is 6.59. The van der Waals surface area contributed by atoms with Crippen LogP contribution in [0.4, 0.5) is 5.82 Å². The van der Waals surface area contributed by atoms with Gasteiger partial charge in [-0.3, -0.25) is 4.90 Å². The summed E-state index contributed by atoms with van der Waals surface area (Å²) < 4.78 is 2.23. The summed E-state index contributed by atoms with van der Waals surface area (Å²) in [6.45, 7) is 12.6. The first-order chi connectivity index (χ1) is 12.2. The third-order valence-corrected chi connectivity index (χ3v) is 4.91.